The van der Waals surface area contributed by atoms with E-state index in [0.717, 1.165) is 30.0 Å². The summed E-state index contributed by atoms with van der Waals surface area (Å²) in [5, 5.41) is 7.98. The highest BCUT2D eigenvalue weighted by atomic mass is 16.5. The molecule has 1 aromatic heterocycles. The summed E-state index contributed by atoms with van der Waals surface area (Å²) in [6, 6.07) is 5.96. The first-order valence-electron chi connectivity index (χ1n) is 5.79. The molecule has 0 atom stereocenters. The fourth-order valence-electron chi connectivity index (χ4n) is 1.82. The lowest BCUT2D eigenvalue weighted by atomic mass is 10.1. The van der Waals surface area contributed by atoms with Crippen molar-refractivity contribution in [2.24, 2.45) is 7.05 Å². The number of hydrogen-bond acceptors (Lipinski definition) is 4. The normalized spacial score (nSPS) is 10.4. The lowest BCUT2D eigenvalue weighted by Crippen LogP contribution is -1.95. The molecule has 0 unspecified atom stereocenters. The average molecular weight is 247 g/mol. The van der Waals surface area contributed by atoms with Crippen LogP contribution in [0.1, 0.15) is 11.3 Å². The van der Waals surface area contributed by atoms with Crippen LogP contribution < -0.4 is 9.47 Å². The van der Waals surface area contributed by atoms with E-state index in [-0.39, 0.29) is 0 Å². The molecule has 0 radical (unpaired) electrons. The van der Waals surface area contributed by atoms with E-state index >= 15 is 0 Å². The first kappa shape index (κ1) is 12.4. The molecule has 0 aliphatic carbocycles. The van der Waals surface area contributed by atoms with Crippen LogP contribution in [0.25, 0.3) is 0 Å². The third-order valence-corrected chi connectivity index (χ3v) is 2.77. The van der Waals surface area contributed by atoms with Gasteiger partial charge in [0.1, 0.15) is 0 Å². The van der Waals surface area contributed by atoms with E-state index in [1.54, 1.807) is 18.9 Å². The lowest BCUT2D eigenvalue weighted by Gasteiger charge is -2.09. The molecule has 0 aliphatic heterocycles. The number of benzene rings is 1. The van der Waals surface area contributed by atoms with Crippen molar-refractivity contribution in [1.82, 2.24) is 15.0 Å². The molecule has 18 heavy (non-hydrogen) atoms. The molecule has 1 aromatic carbocycles. The Hall–Kier alpha value is -2.04. The van der Waals surface area contributed by atoms with Crippen molar-refractivity contribution in [2.75, 3.05) is 14.2 Å². The van der Waals surface area contributed by atoms with E-state index in [9.17, 15) is 0 Å². The van der Waals surface area contributed by atoms with Gasteiger partial charge in [0.25, 0.3) is 0 Å². The van der Waals surface area contributed by atoms with Crippen molar-refractivity contribution < 1.29 is 9.47 Å². The zero-order valence-electron chi connectivity index (χ0n) is 10.9. The molecule has 1 heterocycles. The van der Waals surface area contributed by atoms with Crippen molar-refractivity contribution in [3.05, 3.63) is 35.7 Å². The standard InChI is InChI=1S/C13H17N3O2/c1-16-9-11(14-15-16)6-4-10-5-7-12(17-2)13(8-10)18-3/h5,7-9H,4,6H2,1-3H3. The Labute approximate surface area is 106 Å². The summed E-state index contributed by atoms with van der Waals surface area (Å²) in [6.07, 6.45) is 3.70. The largest absolute Gasteiger partial charge is 0.493 e. The van der Waals surface area contributed by atoms with Crippen molar-refractivity contribution >= 4 is 0 Å². The van der Waals surface area contributed by atoms with Crippen LogP contribution >= 0.6 is 0 Å². The van der Waals surface area contributed by atoms with Crippen molar-refractivity contribution in [1.29, 1.82) is 0 Å². The summed E-state index contributed by atoms with van der Waals surface area (Å²) in [5.74, 6) is 1.51. The SMILES string of the molecule is COc1ccc(CCc2cn(C)nn2)cc1OC. The van der Waals surface area contributed by atoms with Crippen molar-refractivity contribution in [2.45, 2.75) is 12.8 Å². The van der Waals surface area contributed by atoms with Crippen molar-refractivity contribution in [3.63, 3.8) is 0 Å². The molecular formula is C13H17N3O2. The third kappa shape index (κ3) is 2.80. The quantitative estimate of drug-likeness (QED) is 0.805. The maximum absolute atomic E-state index is 5.28. The predicted molar refractivity (Wildman–Crippen MR) is 68.0 cm³/mol. The van der Waals surface area contributed by atoms with Gasteiger partial charge in [-0.1, -0.05) is 11.3 Å². The van der Waals surface area contributed by atoms with Gasteiger partial charge in [0.05, 0.1) is 19.9 Å². The molecule has 0 amide bonds. The molecule has 96 valence electrons. The molecule has 0 saturated heterocycles. The Bertz CT molecular complexity index is 523. The Kier molecular flexibility index (Phi) is 3.82. The number of rotatable bonds is 5. The van der Waals surface area contributed by atoms with E-state index in [0.29, 0.717) is 0 Å². The Morgan fingerprint density at radius 2 is 1.89 bits per heavy atom. The molecule has 5 nitrogen and oxygen atoms in total. The first-order chi connectivity index (χ1) is 8.72. The zero-order chi connectivity index (χ0) is 13.0. The van der Waals surface area contributed by atoms with Gasteiger partial charge >= 0.3 is 0 Å². The predicted octanol–water partition coefficient (Wildman–Crippen LogP) is 1.62. The Morgan fingerprint density at radius 3 is 2.50 bits per heavy atom. The van der Waals surface area contributed by atoms with Gasteiger partial charge in [-0.2, -0.15) is 0 Å². The third-order valence-electron chi connectivity index (χ3n) is 2.77. The molecule has 0 fully saturated rings. The number of nitrogens with zero attached hydrogens (tertiary/aromatic N) is 3. The maximum atomic E-state index is 5.28. The minimum Gasteiger partial charge on any atom is -0.493 e. The second kappa shape index (κ2) is 5.53. The summed E-state index contributed by atoms with van der Waals surface area (Å²) in [6.45, 7) is 0. The fraction of sp³-hybridized carbons (Fsp3) is 0.385. The highest BCUT2D eigenvalue weighted by Gasteiger charge is 2.05. The number of aryl methyl sites for hydroxylation is 3. The van der Waals surface area contributed by atoms with Crippen LogP contribution in [-0.2, 0) is 19.9 Å². The summed E-state index contributed by atoms with van der Waals surface area (Å²) in [5.41, 5.74) is 2.19. The fourth-order valence-corrected chi connectivity index (χ4v) is 1.82. The van der Waals surface area contributed by atoms with Crippen LogP contribution in [0, 0.1) is 0 Å². The molecule has 2 rings (SSSR count). The molecular weight excluding hydrogens is 230 g/mol. The van der Waals surface area contributed by atoms with Crippen LogP contribution in [0.5, 0.6) is 11.5 Å². The van der Waals surface area contributed by atoms with Crippen LogP contribution in [0.15, 0.2) is 24.4 Å². The molecule has 0 spiro atoms. The number of aromatic nitrogens is 3. The minimum absolute atomic E-state index is 0.751. The zero-order valence-corrected chi connectivity index (χ0v) is 10.9. The number of ether oxygens (including phenoxy) is 2. The Balaban J connectivity index is 2.05. The van der Waals surface area contributed by atoms with Gasteiger partial charge in [0.2, 0.25) is 0 Å². The van der Waals surface area contributed by atoms with Crippen LogP contribution in [0.2, 0.25) is 0 Å². The van der Waals surface area contributed by atoms with Gasteiger partial charge < -0.3 is 9.47 Å². The summed E-state index contributed by atoms with van der Waals surface area (Å²) in [7, 11) is 5.15. The molecule has 2 aromatic rings. The van der Waals surface area contributed by atoms with Gasteiger partial charge in [-0.25, -0.2) is 0 Å². The van der Waals surface area contributed by atoms with E-state index in [2.05, 4.69) is 10.3 Å². The summed E-state index contributed by atoms with van der Waals surface area (Å²) >= 11 is 0. The van der Waals surface area contributed by atoms with Gasteiger partial charge in [-0.05, 0) is 30.5 Å². The van der Waals surface area contributed by atoms with Crippen LogP contribution in [-0.4, -0.2) is 29.2 Å². The highest BCUT2D eigenvalue weighted by molar-refractivity contribution is 5.43. The second-order valence-electron chi connectivity index (χ2n) is 4.07. The lowest BCUT2D eigenvalue weighted by molar-refractivity contribution is 0.354. The van der Waals surface area contributed by atoms with E-state index in [1.165, 1.54) is 5.56 Å². The Morgan fingerprint density at radius 1 is 1.11 bits per heavy atom. The van der Waals surface area contributed by atoms with Gasteiger partial charge in [0, 0.05) is 13.2 Å². The van der Waals surface area contributed by atoms with Gasteiger partial charge in [-0.3, -0.25) is 4.68 Å². The van der Waals surface area contributed by atoms with Crippen LogP contribution in [0.3, 0.4) is 0 Å². The smallest absolute Gasteiger partial charge is 0.160 e. The van der Waals surface area contributed by atoms with E-state index in [4.69, 9.17) is 9.47 Å². The summed E-state index contributed by atoms with van der Waals surface area (Å²) < 4.78 is 12.2. The topological polar surface area (TPSA) is 49.2 Å². The molecule has 5 heteroatoms. The monoisotopic (exact) mass is 247 g/mol. The molecule has 0 bridgehead atoms. The number of hydrogen-bond donors (Lipinski definition) is 0. The van der Waals surface area contributed by atoms with Gasteiger partial charge in [-0.15, -0.1) is 5.10 Å². The van der Waals surface area contributed by atoms with Gasteiger partial charge in [0.15, 0.2) is 11.5 Å². The van der Waals surface area contributed by atoms with Crippen molar-refractivity contribution in [3.8, 4) is 11.5 Å². The van der Waals surface area contributed by atoms with E-state index in [1.807, 2.05) is 31.4 Å². The maximum Gasteiger partial charge on any atom is 0.160 e. The van der Waals surface area contributed by atoms with E-state index < -0.39 is 0 Å². The molecule has 0 N–H and O–H groups in total. The minimum atomic E-state index is 0.751. The average Bonchev–Trinajstić information content (AvgIpc) is 2.81. The van der Waals surface area contributed by atoms with Crippen LogP contribution in [0.4, 0.5) is 0 Å². The molecule has 0 saturated carbocycles. The number of methoxy groups -OCH3 is 2. The first-order valence-corrected chi connectivity index (χ1v) is 5.79. The summed E-state index contributed by atoms with van der Waals surface area (Å²) in [4.78, 5) is 0. The molecule has 0 aliphatic rings. The highest BCUT2D eigenvalue weighted by Crippen LogP contribution is 2.27. The second-order valence-corrected chi connectivity index (χ2v) is 4.07.